The lowest BCUT2D eigenvalue weighted by Crippen LogP contribution is -2.21. The molecule has 0 aliphatic heterocycles. The fraction of sp³-hybridized carbons (Fsp3) is 0.176. The molecule has 1 aromatic heterocycles. The molecule has 1 N–H and O–H groups in total. The Morgan fingerprint density at radius 1 is 1.12 bits per heavy atom. The number of benzene rings is 2. The molecule has 1 heterocycles. The van der Waals surface area contributed by atoms with E-state index in [1.807, 2.05) is 13.8 Å². The zero-order valence-corrected chi connectivity index (χ0v) is 16.4. The van der Waals surface area contributed by atoms with Gasteiger partial charge in [0.05, 0.1) is 32.7 Å². The van der Waals surface area contributed by atoms with E-state index in [2.05, 4.69) is 4.98 Å². The molecule has 130 valence electrons. The number of rotatable bonds is 3. The molecule has 0 saturated heterocycles. The van der Waals surface area contributed by atoms with Gasteiger partial charge in [0.15, 0.2) is 4.77 Å². The van der Waals surface area contributed by atoms with Gasteiger partial charge < -0.3 is 9.72 Å². The summed E-state index contributed by atoms with van der Waals surface area (Å²) in [6.45, 7) is 3.76. The molecular formula is C17H13Cl3N2O2S. The molecule has 3 aromatic rings. The Bertz CT molecular complexity index is 1090. The number of ether oxygens (including phenoxy) is 1. The number of nitrogens with one attached hydrogen (secondary N) is 1. The minimum atomic E-state index is -0.310. The van der Waals surface area contributed by atoms with Crippen LogP contribution in [0.4, 0.5) is 0 Å². The van der Waals surface area contributed by atoms with Gasteiger partial charge >= 0.3 is 0 Å². The highest BCUT2D eigenvalue weighted by Crippen LogP contribution is 2.33. The monoisotopic (exact) mass is 414 g/mol. The molecule has 3 rings (SSSR count). The zero-order chi connectivity index (χ0) is 18.3. The quantitative estimate of drug-likeness (QED) is 0.550. The van der Waals surface area contributed by atoms with Gasteiger partial charge in [0.25, 0.3) is 5.56 Å². The van der Waals surface area contributed by atoms with E-state index in [1.54, 1.807) is 24.3 Å². The van der Waals surface area contributed by atoms with Gasteiger partial charge in [-0.1, -0.05) is 34.8 Å². The van der Waals surface area contributed by atoms with Gasteiger partial charge in [-0.2, -0.15) is 0 Å². The number of aromatic amines is 1. The largest absolute Gasteiger partial charge is 0.489 e. The summed E-state index contributed by atoms with van der Waals surface area (Å²) in [4.78, 5) is 15.9. The van der Waals surface area contributed by atoms with E-state index < -0.39 is 0 Å². The first-order chi connectivity index (χ1) is 11.8. The van der Waals surface area contributed by atoms with Crippen molar-refractivity contribution in [3.63, 3.8) is 0 Å². The third-order valence-corrected chi connectivity index (χ3v) is 4.58. The van der Waals surface area contributed by atoms with Gasteiger partial charge in [0.1, 0.15) is 5.75 Å². The summed E-state index contributed by atoms with van der Waals surface area (Å²) in [6.07, 6.45) is -0.0865. The van der Waals surface area contributed by atoms with Crippen molar-refractivity contribution in [2.75, 3.05) is 0 Å². The zero-order valence-electron chi connectivity index (χ0n) is 13.3. The fourth-order valence-corrected chi connectivity index (χ4v) is 3.42. The van der Waals surface area contributed by atoms with Crippen LogP contribution in [0.15, 0.2) is 35.1 Å². The molecule has 0 amide bonds. The normalized spacial score (nSPS) is 11.3. The van der Waals surface area contributed by atoms with Crippen LogP contribution in [-0.4, -0.2) is 15.7 Å². The SMILES string of the molecule is CC(C)Oc1cc(-n2c(=S)[nH]c3cc(Cl)ccc3c2=O)c(Cl)cc1Cl. The van der Waals surface area contributed by atoms with E-state index in [1.165, 1.54) is 10.6 Å². The number of aromatic nitrogens is 2. The van der Waals surface area contributed by atoms with Crippen molar-refractivity contribution in [2.45, 2.75) is 20.0 Å². The molecule has 0 bridgehead atoms. The van der Waals surface area contributed by atoms with Gasteiger partial charge in [0, 0.05) is 11.1 Å². The van der Waals surface area contributed by atoms with Crippen molar-refractivity contribution < 1.29 is 4.74 Å². The first kappa shape index (κ1) is 18.3. The van der Waals surface area contributed by atoms with Crippen molar-refractivity contribution in [1.82, 2.24) is 9.55 Å². The van der Waals surface area contributed by atoms with Gasteiger partial charge in [-0.15, -0.1) is 0 Å². The lowest BCUT2D eigenvalue weighted by atomic mass is 10.2. The summed E-state index contributed by atoms with van der Waals surface area (Å²) in [5.41, 5.74) is 0.641. The van der Waals surface area contributed by atoms with Crippen LogP contribution in [0.2, 0.25) is 15.1 Å². The maximum atomic E-state index is 12.9. The van der Waals surface area contributed by atoms with Crippen molar-refractivity contribution in [3.05, 3.63) is 60.5 Å². The van der Waals surface area contributed by atoms with E-state index in [4.69, 9.17) is 51.8 Å². The minimum Gasteiger partial charge on any atom is -0.489 e. The summed E-state index contributed by atoms with van der Waals surface area (Å²) in [7, 11) is 0. The smallest absolute Gasteiger partial charge is 0.266 e. The van der Waals surface area contributed by atoms with Crippen LogP contribution in [0.5, 0.6) is 5.75 Å². The van der Waals surface area contributed by atoms with Gasteiger partial charge in [0.2, 0.25) is 0 Å². The highest BCUT2D eigenvalue weighted by atomic mass is 35.5. The first-order valence-corrected chi connectivity index (χ1v) is 8.93. The van der Waals surface area contributed by atoms with Crippen molar-refractivity contribution in [3.8, 4) is 11.4 Å². The maximum Gasteiger partial charge on any atom is 0.266 e. The van der Waals surface area contributed by atoms with E-state index in [-0.39, 0.29) is 21.5 Å². The standard InChI is InChI=1S/C17H13Cl3N2O2S/c1-8(2)24-15-7-14(11(19)6-12(15)20)22-16(23)10-4-3-9(18)5-13(10)21-17(22)25/h3-8H,1-2H3,(H,21,25). The summed E-state index contributed by atoms with van der Waals surface area (Å²) < 4.78 is 7.19. The Balaban J connectivity index is 2.31. The van der Waals surface area contributed by atoms with E-state index in [0.29, 0.717) is 32.4 Å². The van der Waals surface area contributed by atoms with Gasteiger partial charge in [-0.3, -0.25) is 9.36 Å². The summed E-state index contributed by atoms with van der Waals surface area (Å²) in [5, 5.41) is 1.59. The minimum absolute atomic E-state index is 0.0865. The summed E-state index contributed by atoms with van der Waals surface area (Å²) in [6, 6.07) is 8.07. The highest BCUT2D eigenvalue weighted by molar-refractivity contribution is 7.71. The average molecular weight is 416 g/mol. The van der Waals surface area contributed by atoms with Gasteiger partial charge in [-0.05, 0) is 50.3 Å². The summed E-state index contributed by atoms with van der Waals surface area (Å²) in [5.74, 6) is 0.425. The third-order valence-electron chi connectivity index (χ3n) is 3.46. The molecule has 2 aromatic carbocycles. The van der Waals surface area contributed by atoms with Crippen LogP contribution >= 0.6 is 47.0 Å². The Morgan fingerprint density at radius 2 is 1.84 bits per heavy atom. The molecular weight excluding hydrogens is 403 g/mol. The van der Waals surface area contributed by atoms with Crippen molar-refractivity contribution in [1.29, 1.82) is 0 Å². The maximum absolute atomic E-state index is 12.9. The first-order valence-electron chi connectivity index (χ1n) is 7.38. The molecule has 8 heteroatoms. The third kappa shape index (κ3) is 3.55. The van der Waals surface area contributed by atoms with Crippen LogP contribution in [0.25, 0.3) is 16.6 Å². The van der Waals surface area contributed by atoms with Crippen molar-refractivity contribution in [2.24, 2.45) is 0 Å². The molecule has 0 fully saturated rings. The number of fused-ring (bicyclic) bond motifs is 1. The molecule has 0 aliphatic carbocycles. The van der Waals surface area contributed by atoms with Crippen LogP contribution in [0.1, 0.15) is 13.8 Å². The second-order valence-corrected chi connectivity index (χ2v) is 7.30. The van der Waals surface area contributed by atoms with Crippen LogP contribution in [0, 0.1) is 4.77 Å². The van der Waals surface area contributed by atoms with Gasteiger partial charge in [-0.25, -0.2) is 0 Å². The Kier molecular flexibility index (Phi) is 5.11. The predicted octanol–water partition coefficient (Wildman–Crippen LogP) is 5.80. The predicted molar refractivity (Wildman–Crippen MR) is 106 cm³/mol. The molecule has 25 heavy (non-hydrogen) atoms. The Labute approximate surface area is 163 Å². The lowest BCUT2D eigenvalue weighted by Gasteiger charge is -2.15. The Hall–Kier alpha value is -1.53. The van der Waals surface area contributed by atoms with E-state index in [0.717, 1.165) is 0 Å². The molecule has 4 nitrogen and oxygen atoms in total. The van der Waals surface area contributed by atoms with E-state index >= 15 is 0 Å². The second-order valence-electron chi connectivity index (χ2n) is 5.66. The number of halogens is 3. The molecule has 0 unspecified atom stereocenters. The fourth-order valence-electron chi connectivity index (χ4n) is 2.44. The number of hydrogen-bond acceptors (Lipinski definition) is 3. The van der Waals surface area contributed by atoms with E-state index in [9.17, 15) is 4.79 Å². The molecule has 0 radical (unpaired) electrons. The average Bonchev–Trinajstić information content (AvgIpc) is 2.50. The van der Waals surface area contributed by atoms with Crippen molar-refractivity contribution >= 4 is 57.9 Å². The highest BCUT2D eigenvalue weighted by Gasteiger charge is 2.15. The topological polar surface area (TPSA) is 47.0 Å². The van der Waals surface area contributed by atoms with Crippen LogP contribution in [0.3, 0.4) is 0 Å². The molecule has 0 spiro atoms. The van der Waals surface area contributed by atoms with Crippen LogP contribution in [-0.2, 0) is 0 Å². The Morgan fingerprint density at radius 3 is 2.52 bits per heavy atom. The van der Waals surface area contributed by atoms with Crippen LogP contribution < -0.4 is 10.3 Å². The molecule has 0 atom stereocenters. The summed E-state index contributed by atoms with van der Waals surface area (Å²) >= 11 is 23.8. The second kappa shape index (κ2) is 7.00. The number of H-pyrrole nitrogens is 1. The lowest BCUT2D eigenvalue weighted by molar-refractivity contribution is 0.242. The molecule has 0 saturated carbocycles. The number of nitrogens with zero attached hydrogens (tertiary/aromatic N) is 1. The molecule has 0 aliphatic rings. The number of hydrogen-bond donors (Lipinski definition) is 1.